The number of aliphatic hydroxyl groups excluding tert-OH is 1. The highest BCUT2D eigenvalue weighted by atomic mass is 16.6. The van der Waals surface area contributed by atoms with Crippen molar-refractivity contribution in [3.8, 4) is 0 Å². The lowest BCUT2D eigenvalue weighted by atomic mass is 9.43. The molecule has 5 aliphatic rings. The van der Waals surface area contributed by atoms with Gasteiger partial charge in [0.1, 0.15) is 6.10 Å². The lowest BCUT2D eigenvalue weighted by Gasteiger charge is -2.62. The number of carbonyl (C=O) groups excluding carboxylic acids is 1. The van der Waals surface area contributed by atoms with Crippen molar-refractivity contribution in [1.29, 1.82) is 0 Å². The molecule has 0 bridgehead atoms. The predicted molar refractivity (Wildman–Crippen MR) is 142 cm³/mol. The molecular weight excluding hydrogens is 432 g/mol. The molecule has 0 aromatic carbocycles. The Bertz CT molecular complexity index is 924. The summed E-state index contributed by atoms with van der Waals surface area (Å²) in [4.78, 5) is 12.8. The van der Waals surface area contributed by atoms with E-state index < -0.39 is 0 Å². The first kappa shape index (κ1) is 25.8. The van der Waals surface area contributed by atoms with Crippen molar-refractivity contribution in [2.45, 2.75) is 132 Å². The predicted octanol–water partition coefficient (Wildman–Crippen LogP) is 7.71. The Hall–Kier alpha value is -0.830. The Labute approximate surface area is 214 Å². The average molecular weight is 485 g/mol. The highest BCUT2D eigenvalue weighted by molar-refractivity contribution is 5.75. The van der Waals surface area contributed by atoms with Gasteiger partial charge < -0.3 is 9.84 Å². The van der Waals surface area contributed by atoms with Gasteiger partial charge >= 0.3 is 5.97 Å². The van der Waals surface area contributed by atoms with Crippen LogP contribution in [0.2, 0.25) is 0 Å². The quantitative estimate of drug-likeness (QED) is 0.322. The number of hydrogen-bond acceptors (Lipinski definition) is 3. The van der Waals surface area contributed by atoms with E-state index in [1.165, 1.54) is 38.5 Å². The van der Waals surface area contributed by atoms with Crippen LogP contribution in [0.5, 0.6) is 0 Å². The summed E-state index contributed by atoms with van der Waals surface area (Å²) in [6.07, 6.45) is 10.3. The van der Waals surface area contributed by atoms with Gasteiger partial charge in [0, 0.05) is 0 Å². The number of cyclic esters (lactones) is 1. The van der Waals surface area contributed by atoms with Crippen LogP contribution in [0, 0.1) is 50.7 Å². The molecule has 9 atom stereocenters. The first-order valence-electron chi connectivity index (χ1n) is 14.7. The van der Waals surface area contributed by atoms with E-state index in [2.05, 4.69) is 62.3 Å². The zero-order valence-electron chi connectivity index (χ0n) is 24.1. The van der Waals surface area contributed by atoms with Gasteiger partial charge in [-0.25, -0.2) is 0 Å². The van der Waals surface area contributed by atoms with Gasteiger partial charge in [-0.15, -0.1) is 0 Å². The molecule has 4 aliphatic carbocycles. The molecule has 0 aromatic heterocycles. The summed E-state index contributed by atoms with van der Waals surface area (Å²) < 4.78 is 6.08. The van der Waals surface area contributed by atoms with Gasteiger partial charge in [0.25, 0.3) is 0 Å². The highest BCUT2D eigenvalue weighted by Crippen LogP contribution is 2.72. The minimum Gasteiger partial charge on any atom is -0.462 e. The fourth-order valence-electron chi connectivity index (χ4n) is 10.5. The first-order chi connectivity index (χ1) is 16.1. The van der Waals surface area contributed by atoms with Crippen molar-refractivity contribution < 1.29 is 14.6 Å². The number of ether oxygens (including phenoxy) is 1. The van der Waals surface area contributed by atoms with Crippen LogP contribution in [0.25, 0.3) is 0 Å². The lowest BCUT2D eigenvalue weighted by molar-refractivity contribution is -0.149. The maximum Gasteiger partial charge on any atom is 0.309 e. The third-order valence-electron chi connectivity index (χ3n) is 13.1. The highest BCUT2D eigenvalue weighted by Gasteiger charge is 2.64. The van der Waals surface area contributed by atoms with Crippen LogP contribution in [0.1, 0.15) is 120 Å². The van der Waals surface area contributed by atoms with Gasteiger partial charge in [0.2, 0.25) is 0 Å². The summed E-state index contributed by atoms with van der Waals surface area (Å²) in [5.74, 6) is 1.65. The molecule has 3 nitrogen and oxygen atoms in total. The topological polar surface area (TPSA) is 46.5 Å². The molecule has 35 heavy (non-hydrogen) atoms. The third kappa shape index (κ3) is 3.41. The summed E-state index contributed by atoms with van der Waals surface area (Å²) in [5, 5.41) is 10.9. The molecule has 1 N–H and O–H groups in total. The third-order valence-corrected chi connectivity index (χ3v) is 13.1. The molecule has 3 heteroatoms. The van der Waals surface area contributed by atoms with E-state index >= 15 is 0 Å². The Balaban J connectivity index is 1.45. The lowest BCUT2D eigenvalue weighted by Crippen LogP contribution is -2.55. The van der Waals surface area contributed by atoms with Crippen LogP contribution in [0.15, 0.2) is 11.1 Å². The standard InChI is InChI=1S/C32H52O3/c1-19(24-18-23(27(34)35-24)28(2,3)4)20-12-16-32(9)22-10-11-25-29(5,6)26(33)14-15-30(25,7)21(22)13-17-31(20,32)8/h19-20,23-26,33H,10-18H2,1-9H3. The van der Waals surface area contributed by atoms with Crippen LogP contribution < -0.4 is 0 Å². The number of rotatable bonds is 2. The van der Waals surface area contributed by atoms with Gasteiger partial charge in [0.15, 0.2) is 0 Å². The molecule has 198 valence electrons. The number of aliphatic hydroxyl groups is 1. The van der Waals surface area contributed by atoms with Gasteiger partial charge in [-0.1, -0.05) is 73.5 Å². The van der Waals surface area contributed by atoms with Crippen LogP contribution in [0.3, 0.4) is 0 Å². The van der Waals surface area contributed by atoms with Crippen molar-refractivity contribution in [2.24, 2.45) is 50.7 Å². The normalized spacial score (nSPS) is 48.2. The molecule has 5 rings (SSSR count). The number of carbonyl (C=O) groups is 1. The molecule has 1 aliphatic heterocycles. The van der Waals surface area contributed by atoms with E-state index in [0.29, 0.717) is 17.8 Å². The van der Waals surface area contributed by atoms with Gasteiger partial charge in [-0.05, 0) is 103 Å². The SMILES string of the molecule is CC(C1CC(C(C)(C)C)C(=O)O1)C1CCC2(C)C3=C(CCC12C)C1(C)CCC(O)C(C)(C)C1CC3. The molecule has 0 radical (unpaired) electrons. The van der Waals surface area contributed by atoms with E-state index in [9.17, 15) is 9.90 Å². The van der Waals surface area contributed by atoms with Gasteiger partial charge in [0.05, 0.1) is 12.0 Å². The van der Waals surface area contributed by atoms with Gasteiger partial charge in [-0.2, -0.15) is 0 Å². The average Bonchev–Trinajstić information content (AvgIpc) is 3.28. The summed E-state index contributed by atoms with van der Waals surface area (Å²) in [6, 6.07) is 0. The fourth-order valence-corrected chi connectivity index (χ4v) is 10.5. The van der Waals surface area contributed by atoms with Crippen molar-refractivity contribution in [3.05, 3.63) is 11.1 Å². The van der Waals surface area contributed by atoms with Crippen molar-refractivity contribution in [1.82, 2.24) is 0 Å². The second kappa shape index (κ2) is 7.84. The number of fused-ring (bicyclic) bond motifs is 4. The number of hydrogen-bond donors (Lipinski definition) is 1. The summed E-state index contributed by atoms with van der Waals surface area (Å²) in [6.45, 7) is 21.3. The Kier molecular flexibility index (Phi) is 5.78. The van der Waals surface area contributed by atoms with Crippen LogP contribution in [0.4, 0.5) is 0 Å². The second-order valence-corrected chi connectivity index (χ2v) is 15.7. The molecule has 2 saturated carbocycles. The number of allylic oxidation sites excluding steroid dienone is 2. The molecule has 0 amide bonds. The Morgan fingerprint density at radius 3 is 2.26 bits per heavy atom. The molecule has 0 spiro atoms. The zero-order valence-corrected chi connectivity index (χ0v) is 24.1. The van der Waals surface area contributed by atoms with Crippen molar-refractivity contribution in [2.75, 3.05) is 0 Å². The van der Waals surface area contributed by atoms with E-state index in [0.717, 1.165) is 19.3 Å². The molecule has 1 heterocycles. The molecule has 9 unspecified atom stereocenters. The first-order valence-corrected chi connectivity index (χ1v) is 14.7. The van der Waals surface area contributed by atoms with E-state index in [1.807, 2.05) is 0 Å². The smallest absolute Gasteiger partial charge is 0.309 e. The minimum absolute atomic E-state index is 0.00411. The second-order valence-electron chi connectivity index (χ2n) is 15.7. The summed E-state index contributed by atoms with van der Waals surface area (Å²) >= 11 is 0. The van der Waals surface area contributed by atoms with Crippen molar-refractivity contribution in [3.63, 3.8) is 0 Å². The Morgan fingerprint density at radius 2 is 1.63 bits per heavy atom. The molecule has 1 saturated heterocycles. The molecule has 3 fully saturated rings. The minimum atomic E-state index is -0.171. The summed E-state index contributed by atoms with van der Waals surface area (Å²) in [5.41, 5.74) is 4.30. The fraction of sp³-hybridized carbons (Fsp3) is 0.906. The molecule has 0 aromatic rings. The Morgan fingerprint density at radius 1 is 0.943 bits per heavy atom. The maximum absolute atomic E-state index is 12.8. The number of esters is 1. The van der Waals surface area contributed by atoms with Gasteiger partial charge in [-0.3, -0.25) is 4.79 Å². The van der Waals surface area contributed by atoms with Crippen LogP contribution in [-0.2, 0) is 9.53 Å². The van der Waals surface area contributed by atoms with E-state index in [-0.39, 0.29) is 51.2 Å². The summed E-state index contributed by atoms with van der Waals surface area (Å²) in [7, 11) is 0. The van der Waals surface area contributed by atoms with E-state index in [1.54, 1.807) is 11.1 Å². The molecular formula is C32H52O3. The zero-order chi connectivity index (χ0) is 25.8. The monoisotopic (exact) mass is 484 g/mol. The maximum atomic E-state index is 12.8. The largest absolute Gasteiger partial charge is 0.462 e. The van der Waals surface area contributed by atoms with Crippen molar-refractivity contribution >= 4 is 5.97 Å². The van der Waals surface area contributed by atoms with Crippen LogP contribution >= 0.6 is 0 Å². The van der Waals surface area contributed by atoms with E-state index in [4.69, 9.17) is 4.74 Å². The van der Waals surface area contributed by atoms with Crippen LogP contribution in [-0.4, -0.2) is 23.3 Å².